The van der Waals surface area contributed by atoms with Crippen molar-refractivity contribution < 1.29 is 4.79 Å². The van der Waals surface area contributed by atoms with Gasteiger partial charge in [-0.3, -0.25) is 9.79 Å². The van der Waals surface area contributed by atoms with Gasteiger partial charge in [-0.2, -0.15) is 11.8 Å². The highest BCUT2D eigenvalue weighted by molar-refractivity contribution is 7.99. The van der Waals surface area contributed by atoms with Crippen molar-refractivity contribution in [2.24, 2.45) is 4.99 Å². The molecule has 1 aliphatic rings. The van der Waals surface area contributed by atoms with E-state index in [2.05, 4.69) is 34.1 Å². The normalized spacial score (nSPS) is 20.8. The highest BCUT2D eigenvalue weighted by Gasteiger charge is 2.24. The van der Waals surface area contributed by atoms with Crippen LogP contribution in [0.15, 0.2) is 22.5 Å². The lowest BCUT2D eigenvalue weighted by Crippen LogP contribution is -2.42. The van der Waals surface area contributed by atoms with E-state index in [9.17, 15) is 4.79 Å². The van der Waals surface area contributed by atoms with Gasteiger partial charge in [0.1, 0.15) is 0 Å². The van der Waals surface area contributed by atoms with Gasteiger partial charge in [-0.15, -0.1) is 11.3 Å². The molecule has 5 nitrogen and oxygen atoms in total. The van der Waals surface area contributed by atoms with E-state index in [1.165, 1.54) is 30.6 Å². The first-order valence-electron chi connectivity index (χ1n) is 8.62. The molecule has 24 heavy (non-hydrogen) atoms. The second kappa shape index (κ2) is 10.6. The maximum absolute atomic E-state index is 11.8. The highest BCUT2D eigenvalue weighted by Crippen LogP contribution is 2.27. The summed E-state index contributed by atoms with van der Waals surface area (Å²) in [5, 5.41) is 12.5. The van der Waals surface area contributed by atoms with Gasteiger partial charge in [0.2, 0.25) is 0 Å². The Morgan fingerprint density at radius 3 is 2.96 bits per heavy atom. The van der Waals surface area contributed by atoms with Crippen LogP contribution >= 0.6 is 23.1 Å². The number of nitrogens with one attached hydrogen (secondary N) is 3. The van der Waals surface area contributed by atoms with E-state index in [4.69, 9.17) is 0 Å². The lowest BCUT2D eigenvalue weighted by molar-refractivity contribution is 0.0957. The first-order valence-corrected chi connectivity index (χ1v) is 10.8. The summed E-state index contributed by atoms with van der Waals surface area (Å²) >= 11 is 3.43. The fraction of sp³-hybridized carbons (Fsp3) is 0.647. The largest absolute Gasteiger partial charge is 0.357 e. The zero-order chi connectivity index (χ0) is 17.2. The molecule has 2 unspecified atom stereocenters. The molecule has 1 heterocycles. The number of thiophene rings is 1. The fourth-order valence-electron chi connectivity index (χ4n) is 2.77. The van der Waals surface area contributed by atoms with Crippen molar-refractivity contribution in [3.8, 4) is 0 Å². The van der Waals surface area contributed by atoms with Crippen LogP contribution in [0.3, 0.4) is 0 Å². The van der Waals surface area contributed by atoms with Gasteiger partial charge < -0.3 is 16.0 Å². The minimum absolute atomic E-state index is 0.00748. The molecule has 1 fully saturated rings. The molecule has 1 aromatic rings. The molecule has 0 saturated heterocycles. The summed E-state index contributed by atoms with van der Waals surface area (Å²) in [5.74, 6) is 0.905. The summed E-state index contributed by atoms with van der Waals surface area (Å²) in [6.45, 7) is 4.30. The van der Waals surface area contributed by atoms with Gasteiger partial charge in [0.05, 0.1) is 4.88 Å². The zero-order valence-corrected chi connectivity index (χ0v) is 16.1. The van der Waals surface area contributed by atoms with E-state index in [0.717, 1.165) is 29.1 Å². The van der Waals surface area contributed by atoms with Gasteiger partial charge in [0.15, 0.2) is 5.96 Å². The molecule has 2 atom stereocenters. The minimum atomic E-state index is 0.00748. The molecule has 0 bridgehead atoms. The summed E-state index contributed by atoms with van der Waals surface area (Å²) in [4.78, 5) is 17.2. The summed E-state index contributed by atoms with van der Waals surface area (Å²) in [6.07, 6.45) is 6.74. The number of carbonyl (C=O) groups is 1. The molecule has 3 N–H and O–H groups in total. The Balaban J connectivity index is 1.68. The maximum Gasteiger partial charge on any atom is 0.261 e. The van der Waals surface area contributed by atoms with Gasteiger partial charge in [0, 0.05) is 30.9 Å². The van der Waals surface area contributed by atoms with Crippen LogP contribution < -0.4 is 16.0 Å². The van der Waals surface area contributed by atoms with Crippen LogP contribution in [0.4, 0.5) is 0 Å². The quantitative estimate of drug-likeness (QED) is 0.375. The molecule has 134 valence electrons. The van der Waals surface area contributed by atoms with E-state index < -0.39 is 0 Å². The van der Waals surface area contributed by atoms with Crippen LogP contribution in [-0.4, -0.2) is 49.0 Å². The third kappa shape index (κ3) is 6.36. The molecular weight excluding hydrogens is 340 g/mol. The smallest absolute Gasteiger partial charge is 0.261 e. The molecule has 0 aliphatic heterocycles. The maximum atomic E-state index is 11.8. The van der Waals surface area contributed by atoms with Crippen LogP contribution in [0, 0.1) is 0 Å². The first kappa shape index (κ1) is 19.1. The van der Waals surface area contributed by atoms with Crippen molar-refractivity contribution in [1.29, 1.82) is 0 Å². The van der Waals surface area contributed by atoms with E-state index in [1.54, 1.807) is 0 Å². The summed E-state index contributed by atoms with van der Waals surface area (Å²) in [6, 6.07) is 4.26. The van der Waals surface area contributed by atoms with Gasteiger partial charge in [-0.05, 0) is 50.3 Å². The monoisotopic (exact) mass is 368 g/mol. The molecule has 0 radical (unpaired) electrons. The zero-order valence-electron chi connectivity index (χ0n) is 14.5. The predicted molar refractivity (Wildman–Crippen MR) is 105 cm³/mol. The molecule has 7 heteroatoms. The van der Waals surface area contributed by atoms with Crippen molar-refractivity contribution in [1.82, 2.24) is 16.0 Å². The molecule has 0 spiro atoms. The number of hydrogen-bond donors (Lipinski definition) is 3. The topological polar surface area (TPSA) is 65.5 Å². The van der Waals surface area contributed by atoms with E-state index in [1.807, 2.05) is 29.3 Å². The molecule has 1 aromatic heterocycles. The molecule has 1 saturated carbocycles. The van der Waals surface area contributed by atoms with Crippen LogP contribution in [0.2, 0.25) is 0 Å². The van der Waals surface area contributed by atoms with Gasteiger partial charge in [0.25, 0.3) is 5.91 Å². The van der Waals surface area contributed by atoms with Crippen molar-refractivity contribution >= 4 is 35.0 Å². The Kier molecular flexibility index (Phi) is 8.45. The van der Waals surface area contributed by atoms with Gasteiger partial charge in [-0.25, -0.2) is 0 Å². The number of amides is 1. The van der Waals surface area contributed by atoms with Crippen molar-refractivity contribution in [2.45, 2.75) is 43.9 Å². The van der Waals surface area contributed by atoms with Crippen molar-refractivity contribution in [2.75, 3.05) is 25.9 Å². The Morgan fingerprint density at radius 2 is 2.29 bits per heavy atom. The molecule has 1 amide bonds. The number of thioether (sulfide) groups is 1. The number of carbonyl (C=O) groups excluding carboxylic acids is 1. The summed E-state index contributed by atoms with van der Waals surface area (Å²) in [5.41, 5.74) is 0. The first-order chi connectivity index (χ1) is 11.7. The third-order valence-electron chi connectivity index (χ3n) is 4.04. The van der Waals surface area contributed by atoms with Crippen LogP contribution in [0.1, 0.15) is 42.3 Å². The summed E-state index contributed by atoms with van der Waals surface area (Å²) in [7, 11) is 0. The van der Waals surface area contributed by atoms with E-state index >= 15 is 0 Å². The molecule has 0 aromatic carbocycles. The van der Waals surface area contributed by atoms with E-state index in [-0.39, 0.29) is 5.91 Å². The van der Waals surface area contributed by atoms with Crippen LogP contribution in [0.25, 0.3) is 0 Å². The Labute approximate surface area is 153 Å². The van der Waals surface area contributed by atoms with Crippen LogP contribution in [0.5, 0.6) is 0 Å². The van der Waals surface area contributed by atoms with Gasteiger partial charge in [-0.1, -0.05) is 6.07 Å². The number of guanidine groups is 1. The Morgan fingerprint density at radius 1 is 1.42 bits per heavy atom. The SMILES string of the molecule is CCNC(=NCCCNC(=O)c1cccs1)NC1CCC(SC)C1. The van der Waals surface area contributed by atoms with Crippen molar-refractivity contribution in [3.63, 3.8) is 0 Å². The van der Waals surface area contributed by atoms with E-state index in [0.29, 0.717) is 19.1 Å². The lowest BCUT2D eigenvalue weighted by Gasteiger charge is -2.17. The lowest BCUT2D eigenvalue weighted by atomic mass is 10.2. The second-order valence-electron chi connectivity index (χ2n) is 5.86. The fourth-order valence-corrected chi connectivity index (χ4v) is 4.20. The number of nitrogens with zero attached hydrogens (tertiary/aromatic N) is 1. The predicted octanol–water partition coefficient (Wildman–Crippen LogP) is 2.71. The number of hydrogen-bond acceptors (Lipinski definition) is 4. The Hall–Kier alpha value is -1.21. The molecule has 1 aliphatic carbocycles. The minimum Gasteiger partial charge on any atom is -0.357 e. The average molecular weight is 369 g/mol. The number of aliphatic imine (C=N–C) groups is 1. The molecular formula is C17H28N4OS2. The third-order valence-corrected chi connectivity index (χ3v) is 6.00. The number of rotatable bonds is 8. The van der Waals surface area contributed by atoms with Gasteiger partial charge >= 0.3 is 0 Å². The second-order valence-corrected chi connectivity index (χ2v) is 7.95. The van der Waals surface area contributed by atoms with Crippen LogP contribution in [-0.2, 0) is 0 Å². The highest BCUT2D eigenvalue weighted by atomic mass is 32.2. The molecule has 2 rings (SSSR count). The van der Waals surface area contributed by atoms with Crippen molar-refractivity contribution in [3.05, 3.63) is 22.4 Å². The Bertz CT molecular complexity index is 519. The standard InChI is InChI=1S/C17H28N4OS2/c1-3-18-17(21-13-7-8-14(12-13)23-2)20-10-5-9-19-16(22)15-6-4-11-24-15/h4,6,11,13-14H,3,5,7-10,12H2,1-2H3,(H,19,22)(H2,18,20,21). The summed E-state index contributed by atoms with van der Waals surface area (Å²) < 4.78 is 0. The average Bonchev–Trinajstić information content (AvgIpc) is 3.26.